The van der Waals surface area contributed by atoms with Crippen molar-refractivity contribution in [2.45, 2.75) is 54.4 Å². The highest BCUT2D eigenvalue weighted by atomic mass is 16.2. The van der Waals surface area contributed by atoms with Crippen molar-refractivity contribution in [3.05, 3.63) is 0 Å². The number of carbonyl (C=O) groups is 1. The molecule has 0 aliphatic carbocycles. The molecule has 1 unspecified atom stereocenters. The first-order chi connectivity index (χ1) is 6.88. The molecule has 0 bridgehead atoms. The minimum Gasteiger partial charge on any atom is -0.343 e. The molecule has 0 fully saturated rings. The summed E-state index contributed by atoms with van der Waals surface area (Å²) in [6, 6.07) is 0. The Morgan fingerprint density at radius 3 is 1.87 bits per heavy atom. The zero-order valence-electron chi connectivity index (χ0n) is 11.3. The van der Waals surface area contributed by atoms with Crippen LogP contribution in [0.1, 0.15) is 54.4 Å². The molecule has 0 spiro atoms. The van der Waals surface area contributed by atoms with Crippen molar-refractivity contribution < 1.29 is 4.79 Å². The monoisotopic (exact) mass is 213 g/mol. The molecule has 0 N–H and O–H groups in total. The molecule has 2 nitrogen and oxygen atoms in total. The summed E-state index contributed by atoms with van der Waals surface area (Å²) >= 11 is 0. The number of rotatable bonds is 5. The topological polar surface area (TPSA) is 20.3 Å². The van der Waals surface area contributed by atoms with E-state index in [1.807, 2.05) is 18.7 Å². The maximum absolute atomic E-state index is 12.3. The van der Waals surface area contributed by atoms with Crippen molar-refractivity contribution >= 4 is 5.91 Å². The van der Waals surface area contributed by atoms with Gasteiger partial charge in [-0.15, -0.1) is 0 Å². The van der Waals surface area contributed by atoms with Crippen LogP contribution in [0.25, 0.3) is 0 Å². The average Bonchev–Trinajstić information content (AvgIpc) is 2.14. The van der Waals surface area contributed by atoms with Gasteiger partial charge in [-0.1, -0.05) is 34.1 Å². The molecule has 1 atom stereocenters. The first kappa shape index (κ1) is 14.5. The van der Waals surface area contributed by atoms with Gasteiger partial charge in [-0.05, 0) is 25.7 Å². The van der Waals surface area contributed by atoms with E-state index < -0.39 is 0 Å². The van der Waals surface area contributed by atoms with Crippen molar-refractivity contribution in [2.75, 3.05) is 13.1 Å². The lowest BCUT2D eigenvalue weighted by molar-refractivity contribution is -0.139. The fraction of sp³-hybridized carbons (Fsp3) is 0.923. The normalized spacial score (nSPS) is 13.7. The molecule has 0 heterocycles. The molecule has 2 heteroatoms. The summed E-state index contributed by atoms with van der Waals surface area (Å²) in [5.41, 5.74) is 0.0791. The van der Waals surface area contributed by atoms with Gasteiger partial charge in [0.25, 0.3) is 0 Å². The maximum atomic E-state index is 12.3. The van der Waals surface area contributed by atoms with Gasteiger partial charge in [0.05, 0.1) is 0 Å². The lowest BCUT2D eigenvalue weighted by Crippen LogP contribution is -2.41. The molecule has 0 saturated heterocycles. The van der Waals surface area contributed by atoms with Crippen LogP contribution in [0.15, 0.2) is 0 Å². The van der Waals surface area contributed by atoms with E-state index in [0.717, 1.165) is 25.9 Å². The molecule has 15 heavy (non-hydrogen) atoms. The van der Waals surface area contributed by atoms with E-state index in [9.17, 15) is 4.79 Å². The summed E-state index contributed by atoms with van der Waals surface area (Å²) in [5.74, 6) is 0.497. The zero-order valence-corrected chi connectivity index (χ0v) is 11.3. The molecule has 1 amide bonds. The van der Waals surface area contributed by atoms with E-state index >= 15 is 0 Å². The van der Waals surface area contributed by atoms with Crippen LogP contribution < -0.4 is 0 Å². The van der Waals surface area contributed by atoms with E-state index in [1.54, 1.807) is 0 Å². The van der Waals surface area contributed by atoms with Crippen molar-refractivity contribution in [1.82, 2.24) is 4.90 Å². The minimum atomic E-state index is 0.0791. The van der Waals surface area contributed by atoms with E-state index in [0.29, 0.717) is 5.91 Å². The SMILES string of the molecule is CCCC(C(=O)N(CC)CC)C(C)(C)C. The van der Waals surface area contributed by atoms with Crippen LogP contribution in [0.4, 0.5) is 0 Å². The largest absolute Gasteiger partial charge is 0.343 e. The molecule has 0 aromatic rings. The lowest BCUT2D eigenvalue weighted by atomic mass is 9.77. The molecular formula is C13H27NO. The van der Waals surface area contributed by atoms with Crippen LogP contribution in [0.3, 0.4) is 0 Å². The molecule has 0 aliphatic heterocycles. The number of hydrogen-bond donors (Lipinski definition) is 0. The van der Waals surface area contributed by atoms with Crippen LogP contribution in [-0.2, 0) is 4.79 Å². The van der Waals surface area contributed by atoms with Crippen LogP contribution in [0.2, 0.25) is 0 Å². The first-order valence-electron chi connectivity index (χ1n) is 6.17. The second kappa shape index (κ2) is 6.14. The van der Waals surface area contributed by atoms with E-state index in [2.05, 4.69) is 27.7 Å². The summed E-state index contributed by atoms with van der Waals surface area (Å²) in [6.07, 6.45) is 2.08. The molecule has 0 saturated carbocycles. The van der Waals surface area contributed by atoms with Gasteiger partial charge in [0.15, 0.2) is 0 Å². The Morgan fingerprint density at radius 2 is 1.60 bits per heavy atom. The number of hydrogen-bond acceptors (Lipinski definition) is 1. The molecule has 0 rings (SSSR count). The maximum Gasteiger partial charge on any atom is 0.226 e. The molecule has 0 radical (unpaired) electrons. The quantitative estimate of drug-likeness (QED) is 0.686. The van der Waals surface area contributed by atoms with Crippen LogP contribution in [0, 0.1) is 11.3 Å². The summed E-state index contributed by atoms with van der Waals surface area (Å²) in [6.45, 7) is 14.4. The third-order valence-electron chi connectivity index (χ3n) is 3.00. The number of nitrogens with zero attached hydrogens (tertiary/aromatic N) is 1. The third kappa shape index (κ3) is 4.23. The Hall–Kier alpha value is -0.530. The molecule has 90 valence electrons. The lowest BCUT2D eigenvalue weighted by Gasteiger charge is -2.33. The van der Waals surface area contributed by atoms with Gasteiger partial charge in [-0.2, -0.15) is 0 Å². The summed E-state index contributed by atoms with van der Waals surface area (Å²) in [4.78, 5) is 14.2. The fourth-order valence-electron chi connectivity index (χ4n) is 1.97. The Labute approximate surface area is 95.0 Å². The Balaban J connectivity index is 4.69. The van der Waals surface area contributed by atoms with Crippen molar-refractivity contribution in [3.63, 3.8) is 0 Å². The molecular weight excluding hydrogens is 186 g/mol. The molecule has 0 aliphatic rings. The summed E-state index contributed by atoms with van der Waals surface area (Å²) in [7, 11) is 0. The zero-order chi connectivity index (χ0) is 12.1. The molecule has 0 aromatic heterocycles. The van der Waals surface area contributed by atoms with Gasteiger partial charge in [-0.3, -0.25) is 4.79 Å². The highest BCUT2D eigenvalue weighted by molar-refractivity contribution is 5.79. The minimum absolute atomic E-state index is 0.0791. The van der Waals surface area contributed by atoms with Gasteiger partial charge in [0, 0.05) is 19.0 Å². The van der Waals surface area contributed by atoms with Gasteiger partial charge >= 0.3 is 0 Å². The van der Waals surface area contributed by atoms with E-state index in [-0.39, 0.29) is 11.3 Å². The van der Waals surface area contributed by atoms with Crippen molar-refractivity contribution in [1.29, 1.82) is 0 Å². The smallest absolute Gasteiger partial charge is 0.226 e. The van der Waals surface area contributed by atoms with E-state index in [1.165, 1.54) is 0 Å². The van der Waals surface area contributed by atoms with Gasteiger partial charge in [-0.25, -0.2) is 0 Å². The first-order valence-corrected chi connectivity index (χ1v) is 6.17. The van der Waals surface area contributed by atoms with Gasteiger partial charge in [0.2, 0.25) is 5.91 Å². The Morgan fingerprint density at radius 1 is 1.13 bits per heavy atom. The highest BCUT2D eigenvalue weighted by Gasteiger charge is 2.32. The Bertz CT molecular complexity index is 189. The summed E-state index contributed by atoms with van der Waals surface area (Å²) in [5, 5.41) is 0. The third-order valence-corrected chi connectivity index (χ3v) is 3.00. The standard InChI is InChI=1S/C13H27NO/c1-7-10-11(13(4,5)6)12(15)14(8-2)9-3/h11H,7-10H2,1-6H3. The van der Waals surface area contributed by atoms with Crippen LogP contribution >= 0.6 is 0 Å². The van der Waals surface area contributed by atoms with Gasteiger partial charge < -0.3 is 4.90 Å². The number of amides is 1. The van der Waals surface area contributed by atoms with Crippen LogP contribution in [-0.4, -0.2) is 23.9 Å². The second-order valence-electron chi connectivity index (χ2n) is 5.22. The predicted molar refractivity (Wildman–Crippen MR) is 65.8 cm³/mol. The van der Waals surface area contributed by atoms with Gasteiger partial charge in [0.1, 0.15) is 0 Å². The predicted octanol–water partition coefficient (Wildman–Crippen LogP) is 3.32. The number of carbonyl (C=O) groups excluding carboxylic acids is 1. The van der Waals surface area contributed by atoms with Crippen molar-refractivity contribution in [3.8, 4) is 0 Å². The Kier molecular flexibility index (Phi) is 5.92. The average molecular weight is 213 g/mol. The van der Waals surface area contributed by atoms with E-state index in [4.69, 9.17) is 0 Å². The van der Waals surface area contributed by atoms with Crippen molar-refractivity contribution in [2.24, 2.45) is 11.3 Å². The summed E-state index contributed by atoms with van der Waals surface area (Å²) < 4.78 is 0. The second-order valence-corrected chi connectivity index (χ2v) is 5.22. The molecule has 0 aromatic carbocycles. The van der Waals surface area contributed by atoms with Crippen LogP contribution in [0.5, 0.6) is 0 Å². The highest BCUT2D eigenvalue weighted by Crippen LogP contribution is 2.31. The fourth-order valence-corrected chi connectivity index (χ4v) is 1.97.